The number of hydrogen-bond acceptors (Lipinski definition) is 7. The van der Waals surface area contributed by atoms with Crippen molar-refractivity contribution in [3.63, 3.8) is 0 Å². The van der Waals surface area contributed by atoms with Crippen LogP contribution >= 0.6 is 11.8 Å². The smallest absolute Gasteiger partial charge is 0.277 e. The monoisotopic (exact) mass is 390 g/mol. The van der Waals surface area contributed by atoms with E-state index < -0.39 is 11.9 Å². The van der Waals surface area contributed by atoms with Gasteiger partial charge in [0.1, 0.15) is 11.8 Å². The zero-order valence-electron chi connectivity index (χ0n) is 15.1. The Labute approximate surface area is 161 Å². The largest absolute Gasteiger partial charge is 0.494 e. The molecule has 1 aromatic carbocycles. The summed E-state index contributed by atoms with van der Waals surface area (Å²) in [5.74, 6) is 0.662. The molecular weight excluding hydrogens is 368 g/mol. The molecule has 2 amide bonds. The van der Waals surface area contributed by atoms with Crippen LogP contribution in [0.5, 0.6) is 5.75 Å². The molecule has 0 saturated carbocycles. The Morgan fingerprint density at radius 3 is 2.78 bits per heavy atom. The minimum Gasteiger partial charge on any atom is -0.494 e. The fourth-order valence-corrected chi connectivity index (χ4v) is 3.63. The van der Waals surface area contributed by atoms with Gasteiger partial charge < -0.3 is 19.8 Å². The van der Waals surface area contributed by atoms with Crippen LogP contribution in [0.1, 0.15) is 26.2 Å². The number of piperidine rings is 1. The predicted octanol–water partition coefficient (Wildman–Crippen LogP) is 2.09. The van der Waals surface area contributed by atoms with E-state index in [9.17, 15) is 9.59 Å². The SMILES string of the molecule is CCOc1ccc(-c2nnc(SCC(=O)N3CCCC[C@@H]3C(N)=O)o2)cc1. The summed E-state index contributed by atoms with van der Waals surface area (Å²) in [7, 11) is 0. The molecule has 9 heteroatoms. The second-order valence-corrected chi connectivity index (χ2v) is 7.05. The van der Waals surface area contributed by atoms with E-state index in [4.69, 9.17) is 14.9 Å². The van der Waals surface area contributed by atoms with Crippen LogP contribution in [-0.4, -0.2) is 51.9 Å². The lowest BCUT2D eigenvalue weighted by Gasteiger charge is -2.33. The van der Waals surface area contributed by atoms with Gasteiger partial charge in [-0.2, -0.15) is 0 Å². The van der Waals surface area contributed by atoms with Crippen LogP contribution in [-0.2, 0) is 9.59 Å². The van der Waals surface area contributed by atoms with Gasteiger partial charge in [-0.15, -0.1) is 10.2 Å². The lowest BCUT2D eigenvalue weighted by molar-refractivity contribution is -0.138. The molecule has 27 heavy (non-hydrogen) atoms. The number of likely N-dealkylation sites (tertiary alicyclic amines) is 1. The molecule has 1 aromatic heterocycles. The number of nitrogens with zero attached hydrogens (tertiary/aromatic N) is 3. The fraction of sp³-hybridized carbons (Fsp3) is 0.444. The predicted molar refractivity (Wildman–Crippen MR) is 100 cm³/mol. The molecule has 8 nitrogen and oxygen atoms in total. The standard InChI is InChI=1S/C18H22N4O4S/c1-2-25-13-8-6-12(7-9-13)17-20-21-18(26-17)27-11-15(23)22-10-4-3-5-14(22)16(19)24/h6-9,14H,2-5,10-11H2,1H3,(H2,19,24)/t14-/m1/s1. The van der Waals surface area contributed by atoms with Gasteiger partial charge in [0.25, 0.3) is 5.22 Å². The van der Waals surface area contributed by atoms with Crippen molar-refractivity contribution in [1.82, 2.24) is 15.1 Å². The maximum absolute atomic E-state index is 12.5. The van der Waals surface area contributed by atoms with Gasteiger partial charge in [0.15, 0.2) is 0 Å². The summed E-state index contributed by atoms with van der Waals surface area (Å²) in [5.41, 5.74) is 6.18. The van der Waals surface area contributed by atoms with Gasteiger partial charge in [-0.1, -0.05) is 11.8 Å². The lowest BCUT2D eigenvalue weighted by Crippen LogP contribution is -2.51. The number of hydrogen-bond donors (Lipinski definition) is 1. The van der Waals surface area contributed by atoms with Crippen molar-refractivity contribution in [2.45, 2.75) is 37.5 Å². The summed E-state index contributed by atoms with van der Waals surface area (Å²) < 4.78 is 11.0. The van der Waals surface area contributed by atoms with E-state index in [0.717, 1.165) is 35.9 Å². The number of benzene rings is 1. The second-order valence-electron chi connectivity index (χ2n) is 6.12. The first-order chi connectivity index (χ1) is 13.1. The number of rotatable bonds is 7. The third-order valence-electron chi connectivity index (χ3n) is 4.29. The van der Waals surface area contributed by atoms with E-state index in [1.54, 1.807) is 4.90 Å². The summed E-state index contributed by atoms with van der Waals surface area (Å²) in [6.07, 6.45) is 2.40. The molecule has 3 rings (SSSR count). The van der Waals surface area contributed by atoms with Gasteiger partial charge in [-0.3, -0.25) is 9.59 Å². The van der Waals surface area contributed by atoms with Crippen molar-refractivity contribution < 1.29 is 18.7 Å². The van der Waals surface area contributed by atoms with Crippen LogP contribution in [0.25, 0.3) is 11.5 Å². The number of thioether (sulfide) groups is 1. The third kappa shape index (κ3) is 4.79. The Bertz CT molecular complexity index is 793. The van der Waals surface area contributed by atoms with Crippen LogP contribution < -0.4 is 10.5 Å². The van der Waals surface area contributed by atoms with Crippen LogP contribution in [0.2, 0.25) is 0 Å². The first-order valence-corrected chi connectivity index (χ1v) is 9.85. The van der Waals surface area contributed by atoms with E-state index in [1.165, 1.54) is 0 Å². The number of primary amides is 1. The van der Waals surface area contributed by atoms with Crippen molar-refractivity contribution in [2.75, 3.05) is 18.9 Å². The van der Waals surface area contributed by atoms with Crippen LogP contribution in [0.15, 0.2) is 33.9 Å². The highest BCUT2D eigenvalue weighted by atomic mass is 32.2. The highest BCUT2D eigenvalue weighted by Crippen LogP contribution is 2.26. The van der Waals surface area contributed by atoms with E-state index in [-0.39, 0.29) is 11.7 Å². The average molecular weight is 390 g/mol. The van der Waals surface area contributed by atoms with E-state index in [1.807, 2.05) is 31.2 Å². The number of carbonyl (C=O) groups is 2. The fourth-order valence-electron chi connectivity index (χ4n) is 2.98. The first-order valence-electron chi connectivity index (χ1n) is 8.86. The van der Waals surface area contributed by atoms with Crippen molar-refractivity contribution in [3.05, 3.63) is 24.3 Å². The van der Waals surface area contributed by atoms with Gasteiger partial charge in [-0.05, 0) is 50.5 Å². The second kappa shape index (κ2) is 8.90. The van der Waals surface area contributed by atoms with Crippen molar-refractivity contribution in [3.8, 4) is 17.2 Å². The molecule has 0 bridgehead atoms. The summed E-state index contributed by atoms with van der Waals surface area (Å²) in [6.45, 7) is 3.07. The minimum atomic E-state index is -0.519. The quantitative estimate of drug-likeness (QED) is 0.721. The maximum Gasteiger partial charge on any atom is 0.277 e. The number of nitrogens with two attached hydrogens (primary N) is 1. The number of amides is 2. The van der Waals surface area contributed by atoms with Crippen LogP contribution in [0, 0.1) is 0 Å². The maximum atomic E-state index is 12.5. The molecule has 0 spiro atoms. The van der Waals surface area contributed by atoms with Gasteiger partial charge >= 0.3 is 0 Å². The molecular formula is C18H22N4O4S. The summed E-state index contributed by atoms with van der Waals surface area (Å²) in [4.78, 5) is 25.6. The molecule has 1 saturated heterocycles. The number of ether oxygens (including phenoxy) is 1. The van der Waals surface area contributed by atoms with Gasteiger partial charge in [0.05, 0.1) is 12.4 Å². The summed E-state index contributed by atoms with van der Waals surface area (Å²) >= 11 is 1.15. The molecule has 2 N–H and O–H groups in total. The molecule has 144 valence electrons. The lowest BCUT2D eigenvalue weighted by atomic mass is 10.0. The highest BCUT2D eigenvalue weighted by molar-refractivity contribution is 7.99. The molecule has 2 heterocycles. The Morgan fingerprint density at radius 2 is 2.07 bits per heavy atom. The molecule has 0 unspecified atom stereocenters. The zero-order chi connectivity index (χ0) is 19.2. The zero-order valence-corrected chi connectivity index (χ0v) is 15.9. The summed E-state index contributed by atoms with van der Waals surface area (Å²) in [6, 6.07) is 6.82. The molecule has 1 aliphatic rings. The highest BCUT2D eigenvalue weighted by Gasteiger charge is 2.30. The van der Waals surface area contributed by atoms with Crippen LogP contribution in [0.3, 0.4) is 0 Å². The van der Waals surface area contributed by atoms with Crippen molar-refractivity contribution >= 4 is 23.6 Å². The minimum absolute atomic E-state index is 0.120. The molecule has 0 aliphatic carbocycles. The Balaban J connectivity index is 1.59. The van der Waals surface area contributed by atoms with Crippen molar-refractivity contribution in [2.24, 2.45) is 5.73 Å². The van der Waals surface area contributed by atoms with Crippen molar-refractivity contribution in [1.29, 1.82) is 0 Å². The van der Waals surface area contributed by atoms with Gasteiger partial charge in [-0.25, -0.2) is 0 Å². The third-order valence-corrected chi connectivity index (χ3v) is 5.09. The number of carbonyl (C=O) groups excluding carboxylic acids is 2. The summed E-state index contributed by atoms with van der Waals surface area (Å²) in [5, 5.41) is 8.30. The number of aromatic nitrogens is 2. The Kier molecular flexibility index (Phi) is 6.33. The normalized spacial score (nSPS) is 16.9. The van der Waals surface area contributed by atoms with E-state index >= 15 is 0 Å². The van der Waals surface area contributed by atoms with E-state index in [0.29, 0.717) is 30.7 Å². The average Bonchev–Trinajstić information content (AvgIpc) is 3.16. The molecule has 1 aliphatic heterocycles. The van der Waals surface area contributed by atoms with E-state index in [2.05, 4.69) is 10.2 Å². The first kappa shape index (κ1) is 19.2. The topological polar surface area (TPSA) is 112 Å². The van der Waals surface area contributed by atoms with Gasteiger partial charge in [0.2, 0.25) is 17.7 Å². The Morgan fingerprint density at radius 1 is 1.30 bits per heavy atom. The van der Waals surface area contributed by atoms with Gasteiger partial charge in [0, 0.05) is 12.1 Å². The molecule has 1 atom stereocenters. The molecule has 2 aromatic rings. The molecule has 1 fully saturated rings. The Hall–Kier alpha value is -2.55. The van der Waals surface area contributed by atoms with Crippen LogP contribution in [0.4, 0.5) is 0 Å². The molecule has 0 radical (unpaired) electrons.